The number of pyridine rings is 1. The van der Waals surface area contributed by atoms with E-state index in [9.17, 15) is 8.78 Å². The smallest absolute Gasteiger partial charge is 0.166 e. The molecule has 1 fully saturated rings. The van der Waals surface area contributed by atoms with Gasteiger partial charge in [-0.3, -0.25) is 9.88 Å². The van der Waals surface area contributed by atoms with Crippen molar-refractivity contribution in [3.63, 3.8) is 0 Å². The fourth-order valence-corrected chi connectivity index (χ4v) is 4.35. The molecule has 2 atom stereocenters. The van der Waals surface area contributed by atoms with Crippen LogP contribution in [0, 0.1) is 11.6 Å². The quantitative estimate of drug-likeness (QED) is 0.714. The van der Waals surface area contributed by atoms with Crippen LogP contribution in [0.2, 0.25) is 0 Å². The van der Waals surface area contributed by atoms with Gasteiger partial charge in [-0.2, -0.15) is 0 Å². The second-order valence-corrected chi connectivity index (χ2v) is 7.40. The number of hydrogen-bond donors (Lipinski definition) is 2. The Kier molecular flexibility index (Phi) is 4.39. The van der Waals surface area contributed by atoms with E-state index in [4.69, 9.17) is 4.74 Å². The van der Waals surface area contributed by atoms with Gasteiger partial charge in [0.15, 0.2) is 5.82 Å². The van der Waals surface area contributed by atoms with E-state index in [0.29, 0.717) is 36.6 Å². The lowest BCUT2D eigenvalue weighted by Gasteiger charge is -2.35. The minimum atomic E-state index is -0.376. The van der Waals surface area contributed by atoms with Crippen molar-refractivity contribution in [2.45, 2.75) is 31.5 Å². The highest BCUT2D eigenvalue weighted by Crippen LogP contribution is 2.41. The normalized spacial score (nSPS) is 23.8. The molecule has 146 valence electrons. The van der Waals surface area contributed by atoms with Gasteiger partial charge < -0.3 is 15.4 Å². The molecule has 5 nitrogen and oxygen atoms in total. The number of benzene rings is 1. The molecule has 0 amide bonds. The highest BCUT2D eigenvalue weighted by Gasteiger charge is 2.35. The number of halogens is 2. The number of hydrogen-bond acceptors (Lipinski definition) is 5. The molecule has 0 saturated carbocycles. The SMILES string of the molecule is Fc1ccc2c(c1)[C@H]1CCCN1C1C=Cc3ncc(F)c(c3N1)NCCCO2. The minimum Gasteiger partial charge on any atom is -0.493 e. The van der Waals surface area contributed by atoms with Crippen molar-refractivity contribution in [1.82, 2.24) is 9.88 Å². The standard InChI is InChI=1S/C21H22F2N4O/c22-13-4-6-18-14(11-13)17-3-1-9-27(17)19-7-5-16-21(26-19)20(15(23)12-25-16)24-8-2-10-28-18/h4-7,11-12,17,19,24,26H,1-3,8-10H2/t17-,19?/m1/s1. The summed E-state index contributed by atoms with van der Waals surface area (Å²) in [5.74, 6) is 0.0917. The van der Waals surface area contributed by atoms with Gasteiger partial charge in [0.1, 0.15) is 11.6 Å². The molecule has 5 rings (SSSR count). The van der Waals surface area contributed by atoms with Gasteiger partial charge in [-0.25, -0.2) is 8.78 Å². The Morgan fingerprint density at radius 2 is 2.11 bits per heavy atom. The molecule has 7 heteroatoms. The van der Waals surface area contributed by atoms with Crippen LogP contribution in [0.1, 0.15) is 36.6 Å². The van der Waals surface area contributed by atoms with Crippen molar-refractivity contribution in [3.8, 4) is 5.75 Å². The number of nitrogens with one attached hydrogen (secondary N) is 2. The summed E-state index contributed by atoms with van der Waals surface area (Å²) in [5.41, 5.74) is 2.72. The number of nitrogens with zero attached hydrogens (tertiary/aromatic N) is 2. The van der Waals surface area contributed by atoms with Crippen molar-refractivity contribution in [2.75, 3.05) is 30.3 Å². The summed E-state index contributed by atoms with van der Waals surface area (Å²) < 4.78 is 34.5. The molecular formula is C21H22F2N4O. The Morgan fingerprint density at radius 1 is 1.18 bits per heavy atom. The Morgan fingerprint density at radius 3 is 3.04 bits per heavy atom. The third-order valence-corrected chi connectivity index (χ3v) is 5.65. The third-order valence-electron chi connectivity index (χ3n) is 5.65. The number of aromatic nitrogens is 1. The summed E-state index contributed by atoms with van der Waals surface area (Å²) in [5, 5.41) is 6.64. The summed E-state index contributed by atoms with van der Waals surface area (Å²) in [4.78, 5) is 6.50. The topological polar surface area (TPSA) is 49.4 Å². The molecule has 0 aliphatic carbocycles. The van der Waals surface area contributed by atoms with E-state index in [2.05, 4.69) is 20.5 Å². The number of ether oxygens (including phenoxy) is 1. The predicted octanol–water partition coefficient (Wildman–Crippen LogP) is 4.16. The molecule has 2 aromatic rings. The summed E-state index contributed by atoms with van der Waals surface area (Å²) in [7, 11) is 0. The highest BCUT2D eigenvalue weighted by molar-refractivity contribution is 5.80. The van der Waals surface area contributed by atoms with Crippen molar-refractivity contribution in [1.29, 1.82) is 0 Å². The van der Waals surface area contributed by atoms with E-state index in [1.807, 2.05) is 12.2 Å². The Hall–Kier alpha value is -2.67. The second kappa shape index (κ2) is 7.05. The van der Waals surface area contributed by atoms with Gasteiger partial charge in [-0.05, 0) is 49.6 Å². The van der Waals surface area contributed by atoms with E-state index in [-0.39, 0.29) is 23.8 Å². The van der Waals surface area contributed by atoms with Crippen LogP contribution in [0.15, 0.2) is 30.5 Å². The first-order valence-corrected chi connectivity index (χ1v) is 9.76. The largest absolute Gasteiger partial charge is 0.493 e. The molecule has 3 aliphatic rings. The average molecular weight is 384 g/mol. The monoisotopic (exact) mass is 384 g/mol. The van der Waals surface area contributed by atoms with Gasteiger partial charge in [0.25, 0.3) is 0 Å². The Balaban J connectivity index is 1.58. The van der Waals surface area contributed by atoms with E-state index < -0.39 is 0 Å². The molecule has 1 aromatic heterocycles. The molecule has 3 aliphatic heterocycles. The summed E-state index contributed by atoms with van der Waals surface area (Å²) in [6.07, 6.45) is 7.71. The second-order valence-electron chi connectivity index (χ2n) is 7.40. The van der Waals surface area contributed by atoms with Crippen LogP contribution in [0.25, 0.3) is 6.08 Å². The van der Waals surface area contributed by atoms with Crippen LogP contribution >= 0.6 is 0 Å². The summed E-state index contributed by atoms with van der Waals surface area (Å²) in [6.45, 7) is 1.90. The molecule has 4 heterocycles. The first-order valence-electron chi connectivity index (χ1n) is 9.76. The van der Waals surface area contributed by atoms with Crippen LogP contribution in [0.3, 0.4) is 0 Å². The van der Waals surface area contributed by atoms with Crippen LogP contribution in [0.4, 0.5) is 20.2 Å². The molecule has 1 unspecified atom stereocenters. The zero-order chi connectivity index (χ0) is 19.1. The van der Waals surface area contributed by atoms with Gasteiger partial charge in [0.05, 0.1) is 36.0 Å². The number of anilines is 2. The average Bonchev–Trinajstić information content (AvgIpc) is 3.19. The lowest BCUT2D eigenvalue weighted by molar-refractivity contribution is 0.221. The van der Waals surface area contributed by atoms with Crippen molar-refractivity contribution in [2.24, 2.45) is 0 Å². The number of fused-ring (bicyclic) bond motifs is 5. The lowest BCUT2D eigenvalue weighted by Crippen LogP contribution is -2.40. The van der Waals surface area contributed by atoms with Gasteiger partial charge >= 0.3 is 0 Å². The molecule has 0 radical (unpaired) electrons. The van der Waals surface area contributed by atoms with Crippen LogP contribution in [0.5, 0.6) is 5.75 Å². The predicted molar refractivity (Wildman–Crippen MR) is 104 cm³/mol. The van der Waals surface area contributed by atoms with Crippen molar-refractivity contribution >= 4 is 17.5 Å². The van der Waals surface area contributed by atoms with Gasteiger partial charge in [0, 0.05) is 24.7 Å². The fraction of sp³-hybridized carbons (Fsp3) is 0.381. The van der Waals surface area contributed by atoms with E-state index in [0.717, 1.165) is 30.7 Å². The lowest BCUT2D eigenvalue weighted by atomic mass is 10.0. The Labute approximate surface area is 162 Å². The van der Waals surface area contributed by atoms with Gasteiger partial charge in [-0.15, -0.1) is 0 Å². The molecular weight excluding hydrogens is 362 g/mol. The third kappa shape index (κ3) is 2.99. The molecule has 2 N–H and O–H groups in total. The van der Waals surface area contributed by atoms with E-state index >= 15 is 0 Å². The zero-order valence-electron chi connectivity index (χ0n) is 15.4. The Bertz CT molecular complexity index is 933. The molecule has 2 bridgehead atoms. The summed E-state index contributed by atoms with van der Waals surface area (Å²) >= 11 is 0. The van der Waals surface area contributed by atoms with Gasteiger partial charge in [-0.1, -0.05) is 0 Å². The van der Waals surface area contributed by atoms with Crippen molar-refractivity contribution < 1.29 is 13.5 Å². The molecule has 0 spiro atoms. The maximum Gasteiger partial charge on any atom is 0.166 e. The van der Waals surface area contributed by atoms with Gasteiger partial charge in [0.2, 0.25) is 0 Å². The molecule has 1 saturated heterocycles. The van der Waals surface area contributed by atoms with Crippen LogP contribution < -0.4 is 15.4 Å². The van der Waals surface area contributed by atoms with Crippen LogP contribution in [-0.2, 0) is 0 Å². The first kappa shape index (κ1) is 17.4. The van der Waals surface area contributed by atoms with Crippen molar-refractivity contribution in [3.05, 3.63) is 53.4 Å². The zero-order valence-corrected chi connectivity index (χ0v) is 15.4. The molecule has 1 aromatic carbocycles. The van der Waals surface area contributed by atoms with E-state index in [1.54, 1.807) is 12.1 Å². The van der Waals surface area contributed by atoms with E-state index in [1.165, 1.54) is 12.3 Å². The first-order chi connectivity index (χ1) is 13.7. The van der Waals surface area contributed by atoms with Crippen LogP contribution in [-0.4, -0.2) is 35.7 Å². The minimum absolute atomic E-state index is 0.0353. The maximum atomic E-state index is 14.5. The maximum absolute atomic E-state index is 14.5. The summed E-state index contributed by atoms with van der Waals surface area (Å²) in [6, 6.07) is 4.78. The highest BCUT2D eigenvalue weighted by atomic mass is 19.1. The fourth-order valence-electron chi connectivity index (χ4n) is 4.35. The number of rotatable bonds is 0. The molecule has 28 heavy (non-hydrogen) atoms.